The minimum absolute atomic E-state index is 0.125. The second-order valence-corrected chi connectivity index (χ2v) is 9.33. The Balaban J connectivity index is 1.92. The summed E-state index contributed by atoms with van der Waals surface area (Å²) in [5, 5.41) is 3.41. The third-order valence-electron chi connectivity index (χ3n) is 4.99. The van der Waals surface area contributed by atoms with Crippen molar-refractivity contribution >= 4 is 38.9 Å². The fraction of sp³-hybridized carbons (Fsp3) is 0.381. The number of sulfonamides is 1. The molecule has 0 fully saturated rings. The predicted octanol–water partition coefficient (Wildman–Crippen LogP) is 4.02. The van der Waals surface area contributed by atoms with E-state index in [-0.39, 0.29) is 18.9 Å². The third kappa shape index (κ3) is 4.67. The molecule has 0 radical (unpaired) electrons. The van der Waals surface area contributed by atoms with Crippen molar-refractivity contribution in [2.24, 2.45) is 0 Å². The molecule has 0 unspecified atom stereocenters. The number of hydrogen-bond acceptors (Lipinski definition) is 4. The minimum atomic E-state index is -3.55. The Labute approximate surface area is 176 Å². The lowest BCUT2D eigenvalue weighted by Crippen LogP contribution is -2.36. The van der Waals surface area contributed by atoms with Crippen molar-refractivity contribution in [1.29, 1.82) is 0 Å². The first-order valence-electron chi connectivity index (χ1n) is 9.60. The van der Waals surface area contributed by atoms with Gasteiger partial charge in [0.05, 0.1) is 11.9 Å². The number of para-hydroxylation sites is 1. The van der Waals surface area contributed by atoms with E-state index >= 15 is 0 Å². The number of rotatable bonds is 5. The van der Waals surface area contributed by atoms with Crippen molar-refractivity contribution in [1.82, 2.24) is 0 Å². The molecule has 1 atom stereocenters. The summed E-state index contributed by atoms with van der Waals surface area (Å²) < 4.78 is 31.7. The first-order chi connectivity index (χ1) is 13.7. The zero-order valence-electron chi connectivity index (χ0n) is 16.7. The zero-order chi connectivity index (χ0) is 21.2. The Morgan fingerprint density at radius 3 is 2.45 bits per heavy atom. The van der Waals surface area contributed by atoms with Crippen LogP contribution in [0.1, 0.15) is 31.4 Å². The fourth-order valence-electron chi connectivity index (χ4n) is 3.49. The van der Waals surface area contributed by atoms with Crippen LogP contribution in [-0.2, 0) is 27.7 Å². The van der Waals surface area contributed by atoms with Crippen LogP contribution in [0.15, 0.2) is 36.4 Å². The van der Waals surface area contributed by atoms with Gasteiger partial charge in [-0.15, -0.1) is 0 Å². The molecule has 6 nitrogen and oxygen atoms in total. The number of ether oxygens (including phenoxy) is 1. The molecular formula is C21H25ClN2O4S. The molecule has 8 heteroatoms. The van der Waals surface area contributed by atoms with Crippen LogP contribution in [0.5, 0.6) is 5.75 Å². The number of nitrogens with one attached hydrogen (secondary N) is 1. The van der Waals surface area contributed by atoms with Crippen molar-refractivity contribution < 1.29 is 17.9 Å². The third-order valence-corrected chi connectivity index (χ3v) is 6.41. The van der Waals surface area contributed by atoms with E-state index in [1.165, 1.54) is 4.31 Å². The highest BCUT2D eigenvalue weighted by atomic mass is 35.5. The maximum atomic E-state index is 13.1. The van der Waals surface area contributed by atoms with Gasteiger partial charge in [0.2, 0.25) is 10.0 Å². The lowest BCUT2D eigenvalue weighted by molar-refractivity contribution is -0.122. The Hall–Kier alpha value is -2.25. The number of halogens is 1. The lowest BCUT2D eigenvalue weighted by atomic mass is 10.0. The number of fused-ring (bicyclic) bond motifs is 1. The second-order valence-electron chi connectivity index (χ2n) is 6.99. The van der Waals surface area contributed by atoms with E-state index in [0.717, 1.165) is 35.9 Å². The van der Waals surface area contributed by atoms with E-state index in [9.17, 15) is 13.2 Å². The molecule has 0 bridgehead atoms. The monoisotopic (exact) mass is 436 g/mol. The van der Waals surface area contributed by atoms with Crippen molar-refractivity contribution in [3.8, 4) is 5.75 Å². The van der Waals surface area contributed by atoms with Crippen LogP contribution < -0.4 is 14.4 Å². The molecule has 1 N–H and O–H groups in total. The van der Waals surface area contributed by atoms with Gasteiger partial charge in [-0.3, -0.25) is 9.10 Å². The molecule has 0 saturated carbocycles. The quantitative estimate of drug-likeness (QED) is 0.768. The van der Waals surface area contributed by atoms with Gasteiger partial charge < -0.3 is 10.1 Å². The Kier molecular flexibility index (Phi) is 6.39. The summed E-state index contributed by atoms with van der Waals surface area (Å²) in [6.07, 6.45) is 2.11. The van der Waals surface area contributed by atoms with Crippen LogP contribution in [0.4, 0.5) is 11.4 Å². The second kappa shape index (κ2) is 8.63. The van der Waals surface area contributed by atoms with Gasteiger partial charge in [0.15, 0.2) is 6.10 Å². The predicted molar refractivity (Wildman–Crippen MR) is 117 cm³/mol. The number of benzene rings is 2. The molecule has 2 aromatic carbocycles. The Morgan fingerprint density at radius 1 is 1.21 bits per heavy atom. The lowest BCUT2D eigenvalue weighted by Gasteiger charge is -2.21. The van der Waals surface area contributed by atoms with Crippen LogP contribution in [-0.4, -0.2) is 33.2 Å². The number of carbonyl (C=O) groups is 1. The number of anilines is 2. The molecule has 2 aromatic rings. The van der Waals surface area contributed by atoms with Crippen molar-refractivity contribution in [3.63, 3.8) is 0 Å². The van der Waals surface area contributed by atoms with Gasteiger partial charge in [-0.05, 0) is 42.2 Å². The number of aryl methyl sites for hydroxylation is 2. The SMILES string of the molecule is CCc1cccc(CC)c1NC(=O)[C@H]1CCN(S(C)(=O)=O)c2cc(Cl)ccc2O1. The maximum absolute atomic E-state index is 13.1. The Bertz CT molecular complexity index is 1000. The zero-order valence-corrected chi connectivity index (χ0v) is 18.3. The van der Waals surface area contributed by atoms with E-state index in [1.807, 2.05) is 32.0 Å². The molecule has 1 aliphatic heterocycles. The smallest absolute Gasteiger partial charge is 0.265 e. The van der Waals surface area contributed by atoms with E-state index in [1.54, 1.807) is 18.2 Å². The molecule has 1 aliphatic rings. The van der Waals surface area contributed by atoms with Crippen LogP contribution in [0.2, 0.25) is 5.02 Å². The molecule has 0 saturated heterocycles. The summed E-state index contributed by atoms with van der Waals surface area (Å²) in [6, 6.07) is 10.7. The number of hydrogen-bond donors (Lipinski definition) is 1. The van der Waals surface area contributed by atoms with Crippen molar-refractivity contribution in [3.05, 3.63) is 52.5 Å². The molecule has 1 amide bonds. The average molecular weight is 437 g/mol. The Morgan fingerprint density at radius 2 is 1.86 bits per heavy atom. The first-order valence-corrected chi connectivity index (χ1v) is 11.8. The maximum Gasteiger partial charge on any atom is 0.265 e. The van der Waals surface area contributed by atoms with Crippen LogP contribution in [0.3, 0.4) is 0 Å². The highest BCUT2D eigenvalue weighted by Gasteiger charge is 2.31. The molecule has 156 valence electrons. The molecule has 1 heterocycles. The van der Waals surface area contributed by atoms with Gasteiger partial charge in [0.1, 0.15) is 5.75 Å². The van der Waals surface area contributed by atoms with Gasteiger partial charge in [0.25, 0.3) is 5.91 Å². The summed E-state index contributed by atoms with van der Waals surface area (Å²) in [5.41, 5.74) is 3.26. The standard InChI is InChI=1S/C21H25ClN2O4S/c1-4-14-7-6-8-15(5-2)20(14)23-21(25)19-11-12-24(29(3,26)27)17-13-16(22)9-10-18(17)28-19/h6-10,13,19H,4-5,11-12H2,1-3H3,(H,23,25)/t19-/m1/s1. The molecule has 29 heavy (non-hydrogen) atoms. The number of amides is 1. The molecule has 0 aromatic heterocycles. The minimum Gasteiger partial charge on any atom is -0.478 e. The summed E-state index contributed by atoms with van der Waals surface area (Å²) >= 11 is 6.06. The number of nitrogens with zero attached hydrogens (tertiary/aromatic N) is 1. The van der Waals surface area contributed by atoms with Crippen LogP contribution in [0, 0.1) is 0 Å². The average Bonchev–Trinajstić information content (AvgIpc) is 2.87. The van der Waals surface area contributed by atoms with E-state index in [4.69, 9.17) is 16.3 Å². The molecular weight excluding hydrogens is 412 g/mol. The largest absolute Gasteiger partial charge is 0.478 e. The van der Waals surface area contributed by atoms with Crippen molar-refractivity contribution in [2.75, 3.05) is 22.4 Å². The van der Waals surface area contributed by atoms with Gasteiger partial charge in [0, 0.05) is 23.7 Å². The molecule has 0 spiro atoms. The molecule has 0 aliphatic carbocycles. The van der Waals surface area contributed by atoms with Crippen LogP contribution in [0.25, 0.3) is 0 Å². The summed E-state index contributed by atoms with van der Waals surface area (Å²) in [7, 11) is -3.55. The highest BCUT2D eigenvalue weighted by molar-refractivity contribution is 7.92. The van der Waals surface area contributed by atoms with E-state index in [2.05, 4.69) is 5.32 Å². The van der Waals surface area contributed by atoms with Gasteiger partial charge in [-0.25, -0.2) is 8.42 Å². The molecule has 3 rings (SSSR count). The van der Waals surface area contributed by atoms with E-state index < -0.39 is 16.1 Å². The highest BCUT2D eigenvalue weighted by Crippen LogP contribution is 2.36. The normalized spacial score (nSPS) is 16.6. The van der Waals surface area contributed by atoms with Crippen LogP contribution >= 0.6 is 11.6 Å². The summed E-state index contributed by atoms with van der Waals surface area (Å²) in [4.78, 5) is 13.1. The van der Waals surface area contributed by atoms with Gasteiger partial charge in [-0.2, -0.15) is 0 Å². The fourth-order valence-corrected chi connectivity index (χ4v) is 4.59. The van der Waals surface area contributed by atoms with Gasteiger partial charge >= 0.3 is 0 Å². The summed E-state index contributed by atoms with van der Waals surface area (Å²) in [6.45, 7) is 4.20. The first kappa shape index (κ1) is 21.5. The van der Waals surface area contributed by atoms with Gasteiger partial charge in [-0.1, -0.05) is 43.6 Å². The van der Waals surface area contributed by atoms with E-state index in [0.29, 0.717) is 16.5 Å². The summed E-state index contributed by atoms with van der Waals surface area (Å²) in [5.74, 6) is 0.0221. The van der Waals surface area contributed by atoms with Crippen molar-refractivity contribution in [2.45, 2.75) is 39.2 Å². The topological polar surface area (TPSA) is 75.7 Å². The number of carbonyl (C=O) groups excluding carboxylic acids is 1.